The molecule has 0 radical (unpaired) electrons. The number of hydrogen-bond acceptors (Lipinski definition) is 4. The second-order valence-electron chi connectivity index (χ2n) is 3.91. The number of methoxy groups -OCH3 is 1. The zero-order valence-electron chi connectivity index (χ0n) is 10.3. The van der Waals surface area contributed by atoms with Gasteiger partial charge in [0.15, 0.2) is 0 Å². The van der Waals surface area contributed by atoms with Crippen LogP contribution in [0.2, 0.25) is 0 Å². The molecular formula is C12H22N2OS. The molecular weight excluding hydrogens is 220 g/mol. The summed E-state index contributed by atoms with van der Waals surface area (Å²) in [6.45, 7) is 5.14. The van der Waals surface area contributed by atoms with E-state index in [1.165, 1.54) is 29.8 Å². The van der Waals surface area contributed by atoms with Gasteiger partial charge in [0.2, 0.25) is 0 Å². The van der Waals surface area contributed by atoms with E-state index in [9.17, 15) is 0 Å². The van der Waals surface area contributed by atoms with Crippen molar-refractivity contribution in [3.8, 4) is 0 Å². The minimum absolute atomic E-state index is 0.889. The zero-order chi connectivity index (χ0) is 11.6. The van der Waals surface area contributed by atoms with Crippen molar-refractivity contribution in [1.29, 1.82) is 0 Å². The summed E-state index contributed by atoms with van der Waals surface area (Å²) in [6, 6.07) is 0. The summed E-state index contributed by atoms with van der Waals surface area (Å²) in [6.07, 6.45) is 4.77. The fourth-order valence-corrected chi connectivity index (χ4v) is 2.35. The first-order chi connectivity index (χ1) is 7.84. The van der Waals surface area contributed by atoms with E-state index in [-0.39, 0.29) is 0 Å². The Kier molecular flexibility index (Phi) is 7.38. The Labute approximate surface area is 102 Å². The number of thiazole rings is 1. The molecule has 0 aliphatic rings. The fraction of sp³-hybridized carbons (Fsp3) is 0.750. The van der Waals surface area contributed by atoms with Gasteiger partial charge in [0, 0.05) is 25.1 Å². The highest BCUT2D eigenvalue weighted by Crippen LogP contribution is 2.11. The lowest BCUT2D eigenvalue weighted by Gasteiger charge is -2.04. The van der Waals surface area contributed by atoms with E-state index in [0.717, 1.165) is 26.1 Å². The summed E-state index contributed by atoms with van der Waals surface area (Å²) in [4.78, 5) is 5.65. The highest BCUT2D eigenvalue weighted by molar-refractivity contribution is 7.09. The highest BCUT2D eigenvalue weighted by atomic mass is 32.1. The number of nitrogens with zero attached hydrogens (tertiary/aromatic N) is 1. The van der Waals surface area contributed by atoms with E-state index in [4.69, 9.17) is 4.74 Å². The molecule has 0 aromatic carbocycles. The van der Waals surface area contributed by atoms with Gasteiger partial charge in [-0.25, -0.2) is 4.98 Å². The normalized spacial score (nSPS) is 10.9. The SMILES string of the molecule is COCCCCCNCCc1scnc1C. The third-order valence-electron chi connectivity index (χ3n) is 2.58. The van der Waals surface area contributed by atoms with Gasteiger partial charge < -0.3 is 10.1 Å². The first-order valence-electron chi connectivity index (χ1n) is 5.93. The lowest BCUT2D eigenvalue weighted by atomic mass is 10.2. The molecule has 0 amide bonds. The number of rotatable bonds is 9. The molecule has 0 spiro atoms. The predicted molar refractivity (Wildman–Crippen MR) is 69.2 cm³/mol. The molecule has 0 atom stereocenters. The molecule has 0 bridgehead atoms. The largest absolute Gasteiger partial charge is 0.385 e. The Balaban J connectivity index is 1.91. The molecule has 4 heteroatoms. The average Bonchev–Trinajstić information content (AvgIpc) is 2.68. The average molecular weight is 242 g/mol. The third kappa shape index (κ3) is 5.58. The van der Waals surface area contributed by atoms with Gasteiger partial charge in [-0.1, -0.05) is 0 Å². The second-order valence-corrected chi connectivity index (χ2v) is 4.85. The van der Waals surface area contributed by atoms with Crippen molar-refractivity contribution in [3.05, 3.63) is 16.1 Å². The lowest BCUT2D eigenvalue weighted by Crippen LogP contribution is -2.18. The van der Waals surface area contributed by atoms with Crippen LogP contribution in [0.15, 0.2) is 5.51 Å². The van der Waals surface area contributed by atoms with E-state index in [2.05, 4.69) is 17.2 Å². The van der Waals surface area contributed by atoms with Gasteiger partial charge in [-0.2, -0.15) is 0 Å². The molecule has 0 saturated heterocycles. The van der Waals surface area contributed by atoms with Gasteiger partial charge in [0.05, 0.1) is 11.2 Å². The first-order valence-corrected chi connectivity index (χ1v) is 6.81. The Morgan fingerprint density at radius 1 is 1.31 bits per heavy atom. The van der Waals surface area contributed by atoms with E-state index in [1.807, 2.05) is 5.51 Å². The molecule has 0 unspecified atom stereocenters. The van der Waals surface area contributed by atoms with Gasteiger partial charge >= 0.3 is 0 Å². The smallest absolute Gasteiger partial charge is 0.0797 e. The highest BCUT2D eigenvalue weighted by Gasteiger charge is 1.99. The molecule has 0 aliphatic carbocycles. The van der Waals surface area contributed by atoms with E-state index in [0.29, 0.717) is 0 Å². The van der Waals surface area contributed by atoms with E-state index < -0.39 is 0 Å². The van der Waals surface area contributed by atoms with Crippen LogP contribution in [0.25, 0.3) is 0 Å². The van der Waals surface area contributed by atoms with Crippen molar-refractivity contribution in [2.75, 3.05) is 26.8 Å². The minimum atomic E-state index is 0.889. The van der Waals surface area contributed by atoms with Crippen LogP contribution in [0, 0.1) is 6.92 Å². The molecule has 1 N–H and O–H groups in total. The molecule has 1 aromatic rings. The monoisotopic (exact) mass is 242 g/mol. The number of unbranched alkanes of at least 4 members (excludes halogenated alkanes) is 2. The summed E-state index contributed by atoms with van der Waals surface area (Å²) in [5.74, 6) is 0. The number of hydrogen-bond donors (Lipinski definition) is 1. The van der Waals surface area contributed by atoms with Crippen LogP contribution in [-0.2, 0) is 11.2 Å². The zero-order valence-corrected chi connectivity index (χ0v) is 11.1. The maximum absolute atomic E-state index is 5.01. The quantitative estimate of drug-likeness (QED) is 0.675. The van der Waals surface area contributed by atoms with Crippen LogP contribution >= 0.6 is 11.3 Å². The topological polar surface area (TPSA) is 34.1 Å². The van der Waals surface area contributed by atoms with Crippen LogP contribution in [0.5, 0.6) is 0 Å². The molecule has 92 valence electrons. The van der Waals surface area contributed by atoms with Crippen LogP contribution in [0.1, 0.15) is 29.8 Å². The Hall–Kier alpha value is -0.450. The number of aryl methyl sites for hydroxylation is 1. The minimum Gasteiger partial charge on any atom is -0.385 e. The fourth-order valence-electron chi connectivity index (χ4n) is 1.57. The number of ether oxygens (including phenoxy) is 1. The summed E-state index contributed by atoms with van der Waals surface area (Å²) in [7, 11) is 1.76. The van der Waals surface area contributed by atoms with Crippen molar-refractivity contribution in [3.63, 3.8) is 0 Å². The van der Waals surface area contributed by atoms with Crippen LogP contribution in [0.4, 0.5) is 0 Å². The van der Waals surface area contributed by atoms with Crippen molar-refractivity contribution in [1.82, 2.24) is 10.3 Å². The summed E-state index contributed by atoms with van der Waals surface area (Å²) < 4.78 is 5.01. The molecule has 0 fully saturated rings. The molecule has 0 saturated carbocycles. The first kappa shape index (κ1) is 13.6. The number of aromatic nitrogens is 1. The van der Waals surface area contributed by atoms with Crippen molar-refractivity contribution in [2.45, 2.75) is 32.6 Å². The van der Waals surface area contributed by atoms with Crippen molar-refractivity contribution < 1.29 is 4.74 Å². The van der Waals surface area contributed by atoms with Crippen LogP contribution in [0.3, 0.4) is 0 Å². The van der Waals surface area contributed by atoms with Crippen LogP contribution in [-0.4, -0.2) is 31.8 Å². The van der Waals surface area contributed by atoms with Crippen molar-refractivity contribution >= 4 is 11.3 Å². The second kappa shape index (κ2) is 8.67. The molecule has 16 heavy (non-hydrogen) atoms. The Morgan fingerprint density at radius 2 is 2.19 bits per heavy atom. The maximum Gasteiger partial charge on any atom is 0.0797 e. The Bertz CT molecular complexity index is 276. The maximum atomic E-state index is 5.01. The Morgan fingerprint density at radius 3 is 2.88 bits per heavy atom. The van der Waals surface area contributed by atoms with Gasteiger partial charge in [0.25, 0.3) is 0 Å². The van der Waals surface area contributed by atoms with Crippen LogP contribution < -0.4 is 5.32 Å². The molecule has 1 aromatic heterocycles. The predicted octanol–water partition coefficient (Wildman–Crippen LogP) is 2.40. The molecule has 1 rings (SSSR count). The van der Waals surface area contributed by atoms with Gasteiger partial charge in [-0.05, 0) is 39.2 Å². The summed E-state index contributed by atoms with van der Waals surface area (Å²) in [5.41, 5.74) is 3.11. The lowest BCUT2D eigenvalue weighted by molar-refractivity contribution is 0.192. The third-order valence-corrected chi connectivity index (χ3v) is 3.57. The number of nitrogens with one attached hydrogen (secondary N) is 1. The summed E-state index contributed by atoms with van der Waals surface area (Å²) >= 11 is 1.76. The van der Waals surface area contributed by atoms with E-state index >= 15 is 0 Å². The molecule has 0 aliphatic heterocycles. The van der Waals surface area contributed by atoms with E-state index in [1.54, 1.807) is 18.4 Å². The van der Waals surface area contributed by atoms with Gasteiger partial charge in [0.1, 0.15) is 0 Å². The standard InChI is InChI=1S/C12H22N2OS/c1-11-12(16-10-14-11)6-8-13-7-4-3-5-9-15-2/h10,13H,3-9H2,1-2H3. The van der Waals surface area contributed by atoms with Crippen molar-refractivity contribution in [2.24, 2.45) is 0 Å². The van der Waals surface area contributed by atoms with Gasteiger partial charge in [-0.3, -0.25) is 0 Å². The van der Waals surface area contributed by atoms with Gasteiger partial charge in [-0.15, -0.1) is 11.3 Å². The molecule has 3 nitrogen and oxygen atoms in total. The summed E-state index contributed by atoms with van der Waals surface area (Å²) in [5, 5.41) is 3.47. The molecule has 1 heterocycles.